The van der Waals surface area contributed by atoms with Gasteiger partial charge in [0.1, 0.15) is 0 Å². The van der Waals surface area contributed by atoms with E-state index < -0.39 is 0 Å². The van der Waals surface area contributed by atoms with Gasteiger partial charge in [0.15, 0.2) is 11.5 Å². The van der Waals surface area contributed by atoms with Crippen LogP contribution in [0.25, 0.3) is 0 Å². The number of nitrogens with zero attached hydrogens (tertiary/aromatic N) is 1. The quantitative estimate of drug-likeness (QED) is 0.848. The highest BCUT2D eigenvalue weighted by atomic mass is 16.7. The second kappa shape index (κ2) is 7.90. The minimum absolute atomic E-state index is 0.00167. The van der Waals surface area contributed by atoms with E-state index in [2.05, 4.69) is 5.32 Å². The molecular formula is C21H23N3O4. The first-order valence-corrected chi connectivity index (χ1v) is 9.43. The fourth-order valence-electron chi connectivity index (χ4n) is 3.53. The van der Waals surface area contributed by atoms with Crippen molar-refractivity contribution in [2.24, 2.45) is 11.7 Å². The van der Waals surface area contributed by atoms with Gasteiger partial charge in [-0.05, 0) is 42.7 Å². The van der Waals surface area contributed by atoms with Gasteiger partial charge >= 0.3 is 0 Å². The van der Waals surface area contributed by atoms with Crippen LogP contribution in [0.4, 0.5) is 5.69 Å². The van der Waals surface area contributed by atoms with Crippen LogP contribution in [0.1, 0.15) is 28.8 Å². The van der Waals surface area contributed by atoms with Gasteiger partial charge in [-0.1, -0.05) is 12.1 Å². The van der Waals surface area contributed by atoms with Crippen molar-refractivity contribution in [1.82, 2.24) is 4.90 Å². The van der Waals surface area contributed by atoms with E-state index in [1.54, 1.807) is 18.2 Å². The minimum Gasteiger partial charge on any atom is -0.454 e. The van der Waals surface area contributed by atoms with Crippen molar-refractivity contribution in [3.05, 3.63) is 53.6 Å². The second-order valence-corrected chi connectivity index (χ2v) is 7.02. The summed E-state index contributed by atoms with van der Waals surface area (Å²) < 4.78 is 10.6. The molecule has 0 unspecified atom stereocenters. The van der Waals surface area contributed by atoms with Crippen LogP contribution in [0, 0.1) is 5.92 Å². The smallest absolute Gasteiger partial charge is 0.253 e. The van der Waals surface area contributed by atoms with E-state index in [0.29, 0.717) is 55.2 Å². The van der Waals surface area contributed by atoms with Crippen molar-refractivity contribution < 1.29 is 19.1 Å². The maximum absolute atomic E-state index is 12.6. The van der Waals surface area contributed by atoms with Gasteiger partial charge in [0.05, 0.1) is 0 Å². The van der Waals surface area contributed by atoms with E-state index in [-0.39, 0.29) is 24.5 Å². The van der Waals surface area contributed by atoms with Crippen molar-refractivity contribution in [2.75, 3.05) is 25.2 Å². The second-order valence-electron chi connectivity index (χ2n) is 7.02. The SMILES string of the molecule is NCc1ccc(C(=O)N2CCC(C(=O)Nc3ccc4c(c3)OCO4)CC2)cc1. The summed E-state index contributed by atoms with van der Waals surface area (Å²) in [4.78, 5) is 27.0. The van der Waals surface area contributed by atoms with Crippen LogP contribution < -0.4 is 20.5 Å². The predicted octanol–water partition coefficient (Wildman–Crippen LogP) is 2.36. The third kappa shape index (κ3) is 3.80. The molecule has 0 aromatic heterocycles. The maximum Gasteiger partial charge on any atom is 0.253 e. The molecule has 2 aromatic rings. The van der Waals surface area contributed by atoms with Crippen LogP contribution in [0.3, 0.4) is 0 Å². The van der Waals surface area contributed by atoms with E-state index in [1.807, 2.05) is 29.2 Å². The van der Waals surface area contributed by atoms with Crippen LogP contribution >= 0.6 is 0 Å². The summed E-state index contributed by atoms with van der Waals surface area (Å²) in [6, 6.07) is 12.7. The van der Waals surface area contributed by atoms with Crippen LogP contribution in [0.15, 0.2) is 42.5 Å². The zero-order valence-electron chi connectivity index (χ0n) is 15.5. The molecule has 0 radical (unpaired) electrons. The molecule has 2 heterocycles. The number of benzene rings is 2. The summed E-state index contributed by atoms with van der Waals surface area (Å²) in [6.07, 6.45) is 1.28. The third-order valence-corrected chi connectivity index (χ3v) is 5.23. The van der Waals surface area contributed by atoms with Crippen molar-refractivity contribution >= 4 is 17.5 Å². The lowest BCUT2D eigenvalue weighted by molar-refractivity contribution is -0.121. The van der Waals surface area contributed by atoms with Crippen molar-refractivity contribution in [2.45, 2.75) is 19.4 Å². The molecular weight excluding hydrogens is 358 g/mol. The molecule has 0 atom stereocenters. The van der Waals surface area contributed by atoms with E-state index in [1.165, 1.54) is 0 Å². The number of anilines is 1. The lowest BCUT2D eigenvalue weighted by atomic mass is 9.95. The Labute approximate surface area is 163 Å². The number of nitrogens with one attached hydrogen (secondary N) is 1. The molecule has 0 saturated carbocycles. The van der Waals surface area contributed by atoms with E-state index in [0.717, 1.165) is 5.56 Å². The normalized spacial score (nSPS) is 16.1. The molecule has 0 bridgehead atoms. The monoisotopic (exact) mass is 381 g/mol. The Kier molecular flexibility index (Phi) is 5.16. The first-order valence-electron chi connectivity index (χ1n) is 9.43. The molecule has 7 heteroatoms. The topological polar surface area (TPSA) is 93.9 Å². The molecule has 4 rings (SSSR count). The van der Waals surface area contributed by atoms with Crippen molar-refractivity contribution in [3.8, 4) is 11.5 Å². The van der Waals surface area contributed by atoms with Crippen molar-refractivity contribution in [1.29, 1.82) is 0 Å². The fourth-order valence-corrected chi connectivity index (χ4v) is 3.53. The lowest BCUT2D eigenvalue weighted by Gasteiger charge is -2.31. The molecule has 146 valence electrons. The van der Waals surface area contributed by atoms with Gasteiger partial charge in [0.2, 0.25) is 12.7 Å². The van der Waals surface area contributed by atoms with Crippen molar-refractivity contribution in [3.63, 3.8) is 0 Å². The lowest BCUT2D eigenvalue weighted by Crippen LogP contribution is -2.41. The molecule has 3 N–H and O–H groups in total. The van der Waals surface area contributed by atoms with Gasteiger partial charge in [-0.25, -0.2) is 0 Å². The molecule has 1 fully saturated rings. The van der Waals surface area contributed by atoms with Crippen LogP contribution in [0.5, 0.6) is 11.5 Å². The van der Waals surface area contributed by atoms with Crippen LogP contribution in [-0.4, -0.2) is 36.6 Å². The first kappa shape index (κ1) is 18.3. The highest BCUT2D eigenvalue weighted by Gasteiger charge is 2.28. The third-order valence-electron chi connectivity index (χ3n) is 5.23. The van der Waals surface area contributed by atoms with Crippen LogP contribution in [-0.2, 0) is 11.3 Å². The average Bonchev–Trinajstić information content (AvgIpc) is 3.21. The average molecular weight is 381 g/mol. The minimum atomic E-state index is -0.117. The summed E-state index contributed by atoms with van der Waals surface area (Å²) in [5, 5.41) is 2.94. The molecule has 1 saturated heterocycles. The van der Waals surface area contributed by atoms with Gasteiger partial charge in [0.25, 0.3) is 5.91 Å². The number of amides is 2. The van der Waals surface area contributed by atoms with E-state index in [9.17, 15) is 9.59 Å². The number of carbonyl (C=O) groups excluding carboxylic acids is 2. The zero-order valence-corrected chi connectivity index (χ0v) is 15.5. The number of likely N-dealkylation sites (tertiary alicyclic amines) is 1. The molecule has 28 heavy (non-hydrogen) atoms. The Morgan fingerprint density at radius 2 is 1.75 bits per heavy atom. The number of ether oxygens (including phenoxy) is 2. The summed E-state index contributed by atoms with van der Waals surface area (Å²) in [6.45, 7) is 1.79. The summed E-state index contributed by atoms with van der Waals surface area (Å²) >= 11 is 0. The Morgan fingerprint density at radius 1 is 1.04 bits per heavy atom. The number of piperidine rings is 1. The Hall–Kier alpha value is -3.06. The molecule has 2 aromatic carbocycles. The number of nitrogens with two attached hydrogens (primary N) is 1. The molecule has 0 aliphatic carbocycles. The standard InChI is InChI=1S/C21H23N3O4/c22-12-14-1-3-16(4-2-14)21(26)24-9-7-15(8-10-24)20(25)23-17-5-6-18-19(11-17)28-13-27-18/h1-6,11,15H,7-10,12-13,22H2,(H,23,25). The van der Waals surface area contributed by atoms with E-state index >= 15 is 0 Å². The summed E-state index contributed by atoms with van der Waals surface area (Å²) in [5.74, 6) is 1.17. The Bertz CT molecular complexity index is 874. The van der Waals surface area contributed by atoms with Gasteiger partial charge in [-0.15, -0.1) is 0 Å². The van der Waals surface area contributed by atoms with Gasteiger partial charge in [-0.3, -0.25) is 9.59 Å². The highest BCUT2D eigenvalue weighted by Crippen LogP contribution is 2.34. The zero-order chi connectivity index (χ0) is 19.5. The number of hydrogen-bond acceptors (Lipinski definition) is 5. The Morgan fingerprint density at radius 3 is 2.46 bits per heavy atom. The largest absolute Gasteiger partial charge is 0.454 e. The fraction of sp³-hybridized carbons (Fsp3) is 0.333. The number of fused-ring (bicyclic) bond motifs is 1. The maximum atomic E-state index is 12.6. The molecule has 0 spiro atoms. The van der Waals surface area contributed by atoms with Crippen LogP contribution in [0.2, 0.25) is 0 Å². The highest BCUT2D eigenvalue weighted by molar-refractivity contribution is 5.95. The number of rotatable bonds is 4. The molecule has 2 aliphatic heterocycles. The molecule has 2 amide bonds. The summed E-state index contributed by atoms with van der Waals surface area (Å²) in [7, 11) is 0. The van der Waals surface area contributed by atoms with E-state index in [4.69, 9.17) is 15.2 Å². The van der Waals surface area contributed by atoms with Gasteiger partial charge in [-0.2, -0.15) is 0 Å². The molecule has 7 nitrogen and oxygen atoms in total. The first-order chi connectivity index (χ1) is 13.6. The molecule has 2 aliphatic rings. The summed E-state index contributed by atoms with van der Waals surface area (Å²) in [5.41, 5.74) is 7.93. The van der Waals surface area contributed by atoms with Gasteiger partial charge in [0, 0.05) is 42.9 Å². The van der Waals surface area contributed by atoms with Gasteiger partial charge < -0.3 is 25.4 Å². The number of hydrogen-bond donors (Lipinski definition) is 2. The Balaban J connectivity index is 1.31. The number of carbonyl (C=O) groups is 2. The predicted molar refractivity (Wildman–Crippen MR) is 104 cm³/mol.